The van der Waals surface area contributed by atoms with Crippen LogP contribution in [-0.2, 0) is 14.3 Å². The summed E-state index contributed by atoms with van der Waals surface area (Å²) >= 11 is 0. The fourth-order valence-corrected chi connectivity index (χ4v) is 4.72. The molecular formula is C26H30N2O5. The molecule has 7 heteroatoms. The number of aliphatic carboxylic acids is 1. The van der Waals surface area contributed by atoms with Crippen LogP contribution in [-0.4, -0.2) is 41.8 Å². The van der Waals surface area contributed by atoms with E-state index in [1.165, 1.54) is 0 Å². The molecule has 174 valence electrons. The maximum Gasteiger partial charge on any atom is 0.407 e. The van der Waals surface area contributed by atoms with E-state index in [1.54, 1.807) is 0 Å². The number of fused-ring (bicyclic) bond motifs is 3. The lowest BCUT2D eigenvalue weighted by atomic mass is 9.80. The highest BCUT2D eigenvalue weighted by atomic mass is 16.5. The van der Waals surface area contributed by atoms with Crippen LogP contribution in [0.25, 0.3) is 11.1 Å². The fourth-order valence-electron chi connectivity index (χ4n) is 4.72. The van der Waals surface area contributed by atoms with E-state index in [-0.39, 0.29) is 30.4 Å². The Hall–Kier alpha value is -3.35. The standard InChI is InChI=1S/C26H30N2O5/c1-15(2)11-23(24(29)27-17-12-16(13-17)25(30)31)28-26(32)33-14-22-20-9-5-3-7-18(20)19-8-4-6-10-21(19)22/h3-10,15-17,22-23H,11-14H2,1-2H3,(H,27,29)(H,28,32)(H,30,31)/t16?,17?,23-/m0/s1. The molecule has 0 bridgehead atoms. The van der Waals surface area contributed by atoms with Gasteiger partial charge in [-0.05, 0) is 47.4 Å². The number of carbonyl (C=O) groups excluding carboxylic acids is 2. The molecule has 2 aliphatic rings. The molecule has 1 atom stereocenters. The Balaban J connectivity index is 1.36. The topological polar surface area (TPSA) is 105 Å². The second kappa shape index (κ2) is 9.65. The van der Waals surface area contributed by atoms with Gasteiger partial charge in [-0.25, -0.2) is 4.79 Å². The Morgan fingerprint density at radius 1 is 1.00 bits per heavy atom. The van der Waals surface area contributed by atoms with Gasteiger partial charge >= 0.3 is 12.1 Å². The zero-order valence-corrected chi connectivity index (χ0v) is 18.9. The maximum absolute atomic E-state index is 12.8. The number of rotatable bonds is 8. The highest BCUT2D eigenvalue weighted by Gasteiger charge is 2.37. The summed E-state index contributed by atoms with van der Waals surface area (Å²) in [6, 6.07) is 15.3. The molecule has 2 aliphatic carbocycles. The summed E-state index contributed by atoms with van der Waals surface area (Å²) < 4.78 is 5.59. The molecule has 3 N–H and O–H groups in total. The largest absolute Gasteiger partial charge is 0.481 e. The van der Waals surface area contributed by atoms with Gasteiger partial charge in [0.2, 0.25) is 5.91 Å². The Bertz CT molecular complexity index is 999. The van der Waals surface area contributed by atoms with E-state index in [1.807, 2.05) is 38.1 Å². The Morgan fingerprint density at radius 2 is 1.58 bits per heavy atom. The first-order valence-electron chi connectivity index (χ1n) is 11.5. The number of carbonyl (C=O) groups is 3. The zero-order chi connectivity index (χ0) is 23.5. The molecule has 0 radical (unpaired) electrons. The van der Waals surface area contributed by atoms with Crippen LogP contribution in [0, 0.1) is 11.8 Å². The van der Waals surface area contributed by atoms with Gasteiger partial charge in [-0.2, -0.15) is 0 Å². The molecule has 0 spiro atoms. The minimum absolute atomic E-state index is 0.0524. The third kappa shape index (κ3) is 5.02. The molecule has 1 saturated carbocycles. The van der Waals surface area contributed by atoms with Gasteiger partial charge in [-0.3, -0.25) is 9.59 Å². The second-order valence-corrected chi connectivity index (χ2v) is 9.36. The summed E-state index contributed by atoms with van der Waals surface area (Å²) in [6.45, 7) is 4.13. The Morgan fingerprint density at radius 3 is 2.12 bits per heavy atom. The monoisotopic (exact) mass is 450 g/mol. The van der Waals surface area contributed by atoms with E-state index < -0.39 is 24.0 Å². The van der Waals surface area contributed by atoms with Crippen molar-refractivity contribution < 1.29 is 24.2 Å². The summed E-state index contributed by atoms with van der Waals surface area (Å²) in [6.07, 6.45) is 0.668. The molecule has 1 fully saturated rings. The van der Waals surface area contributed by atoms with E-state index >= 15 is 0 Å². The van der Waals surface area contributed by atoms with Crippen LogP contribution in [0.1, 0.15) is 50.2 Å². The molecule has 2 amide bonds. The van der Waals surface area contributed by atoms with Gasteiger partial charge in [0.1, 0.15) is 12.6 Å². The molecule has 4 rings (SSSR count). The molecule has 2 aromatic carbocycles. The lowest BCUT2D eigenvalue weighted by molar-refractivity contribution is -0.146. The average Bonchev–Trinajstić information content (AvgIpc) is 3.07. The number of benzene rings is 2. The molecule has 0 aliphatic heterocycles. The minimum atomic E-state index is -0.837. The van der Waals surface area contributed by atoms with Crippen molar-refractivity contribution in [3.05, 3.63) is 59.7 Å². The fraction of sp³-hybridized carbons (Fsp3) is 0.423. The highest BCUT2D eigenvalue weighted by Crippen LogP contribution is 2.44. The number of carboxylic acids is 1. The molecule has 0 heterocycles. The molecule has 0 unspecified atom stereocenters. The van der Waals surface area contributed by atoms with Gasteiger partial charge in [-0.1, -0.05) is 62.4 Å². The van der Waals surface area contributed by atoms with Gasteiger partial charge in [0.05, 0.1) is 5.92 Å². The smallest absolute Gasteiger partial charge is 0.407 e. The number of alkyl carbamates (subject to hydrolysis) is 1. The van der Waals surface area contributed by atoms with Gasteiger partial charge < -0.3 is 20.5 Å². The molecule has 33 heavy (non-hydrogen) atoms. The van der Waals surface area contributed by atoms with E-state index in [4.69, 9.17) is 9.84 Å². The lowest BCUT2D eigenvalue weighted by Crippen LogP contribution is -2.54. The second-order valence-electron chi connectivity index (χ2n) is 9.36. The normalized spacial score (nSPS) is 19.7. The molecular weight excluding hydrogens is 420 g/mol. The molecule has 0 saturated heterocycles. The van der Waals surface area contributed by atoms with Crippen LogP contribution in [0.5, 0.6) is 0 Å². The van der Waals surface area contributed by atoms with Crippen molar-refractivity contribution in [1.29, 1.82) is 0 Å². The van der Waals surface area contributed by atoms with Crippen molar-refractivity contribution in [3.8, 4) is 11.1 Å². The van der Waals surface area contributed by atoms with Crippen LogP contribution >= 0.6 is 0 Å². The quantitative estimate of drug-likeness (QED) is 0.565. The minimum Gasteiger partial charge on any atom is -0.481 e. The van der Waals surface area contributed by atoms with E-state index in [0.717, 1.165) is 22.3 Å². The first kappa shape index (κ1) is 22.8. The zero-order valence-electron chi connectivity index (χ0n) is 18.9. The summed E-state index contributed by atoms with van der Waals surface area (Å²) in [5.41, 5.74) is 4.56. The average molecular weight is 451 g/mol. The van der Waals surface area contributed by atoms with E-state index in [2.05, 4.69) is 34.9 Å². The number of amides is 2. The van der Waals surface area contributed by atoms with Crippen molar-refractivity contribution in [2.24, 2.45) is 11.8 Å². The van der Waals surface area contributed by atoms with Crippen molar-refractivity contribution in [2.75, 3.05) is 6.61 Å². The van der Waals surface area contributed by atoms with Crippen molar-refractivity contribution in [3.63, 3.8) is 0 Å². The van der Waals surface area contributed by atoms with Gasteiger partial charge in [0, 0.05) is 12.0 Å². The van der Waals surface area contributed by atoms with Crippen LogP contribution < -0.4 is 10.6 Å². The van der Waals surface area contributed by atoms with Crippen LogP contribution in [0.2, 0.25) is 0 Å². The van der Waals surface area contributed by atoms with Crippen molar-refractivity contribution in [1.82, 2.24) is 10.6 Å². The van der Waals surface area contributed by atoms with E-state index in [0.29, 0.717) is 19.3 Å². The van der Waals surface area contributed by atoms with Gasteiger partial charge in [-0.15, -0.1) is 0 Å². The Kier molecular flexibility index (Phi) is 6.67. The summed E-state index contributed by atoms with van der Waals surface area (Å²) in [4.78, 5) is 36.4. The molecule has 7 nitrogen and oxygen atoms in total. The van der Waals surface area contributed by atoms with Crippen molar-refractivity contribution >= 4 is 18.0 Å². The summed E-state index contributed by atoms with van der Waals surface area (Å²) in [5, 5.41) is 14.6. The number of hydrogen-bond acceptors (Lipinski definition) is 4. The van der Waals surface area contributed by atoms with Crippen LogP contribution in [0.4, 0.5) is 4.79 Å². The summed E-state index contributed by atoms with van der Waals surface area (Å²) in [7, 11) is 0. The van der Waals surface area contributed by atoms with Crippen molar-refractivity contribution in [2.45, 2.75) is 51.1 Å². The molecule has 2 aromatic rings. The maximum atomic E-state index is 12.8. The first-order valence-corrected chi connectivity index (χ1v) is 11.5. The number of nitrogens with one attached hydrogen (secondary N) is 2. The van der Waals surface area contributed by atoms with E-state index in [9.17, 15) is 14.4 Å². The van der Waals surface area contributed by atoms with Gasteiger partial charge in [0.25, 0.3) is 0 Å². The predicted octanol–water partition coefficient (Wildman–Crippen LogP) is 3.92. The third-order valence-electron chi connectivity index (χ3n) is 6.49. The third-order valence-corrected chi connectivity index (χ3v) is 6.49. The number of hydrogen-bond donors (Lipinski definition) is 3. The van der Waals surface area contributed by atoms with Crippen LogP contribution in [0.15, 0.2) is 48.5 Å². The molecule has 0 aromatic heterocycles. The lowest BCUT2D eigenvalue weighted by Gasteiger charge is -2.34. The van der Waals surface area contributed by atoms with Gasteiger partial charge in [0.15, 0.2) is 0 Å². The van der Waals surface area contributed by atoms with Crippen LogP contribution in [0.3, 0.4) is 0 Å². The predicted molar refractivity (Wildman–Crippen MR) is 124 cm³/mol. The SMILES string of the molecule is CC(C)C[C@H](NC(=O)OCC1c2ccccc2-c2ccccc21)C(=O)NC1CC(C(=O)O)C1. The highest BCUT2D eigenvalue weighted by molar-refractivity contribution is 5.86. The Labute approximate surface area is 193 Å². The number of ether oxygens (including phenoxy) is 1. The number of carboxylic acid groups (broad SMARTS) is 1. The summed E-state index contributed by atoms with van der Waals surface area (Å²) in [5.74, 6) is -1.41. The first-order chi connectivity index (χ1) is 15.8.